The molecule has 0 aromatic heterocycles. The van der Waals surface area contributed by atoms with Crippen molar-refractivity contribution >= 4 is 5.91 Å². The normalized spacial score (nSPS) is 17.6. The number of nitrogens with one attached hydrogen (secondary N) is 1. The summed E-state index contributed by atoms with van der Waals surface area (Å²) >= 11 is 0. The fourth-order valence-corrected chi connectivity index (χ4v) is 2.86. The second-order valence-corrected chi connectivity index (χ2v) is 5.06. The molecule has 0 radical (unpaired) electrons. The van der Waals surface area contributed by atoms with E-state index in [1.807, 2.05) is 6.07 Å². The Kier molecular flexibility index (Phi) is 4.37. The number of methoxy groups -OCH3 is 1. The van der Waals surface area contributed by atoms with Crippen LogP contribution in [0.5, 0.6) is 0 Å². The Morgan fingerprint density at radius 2 is 1.94 bits per heavy atom. The Morgan fingerprint density at radius 1 is 1.28 bits per heavy atom. The van der Waals surface area contributed by atoms with E-state index in [0.717, 1.165) is 19.4 Å². The highest BCUT2D eigenvalue weighted by molar-refractivity contribution is 5.77. The van der Waals surface area contributed by atoms with Crippen LogP contribution in [0.1, 0.15) is 31.2 Å². The molecule has 1 N–H and O–H groups in total. The van der Waals surface area contributed by atoms with Gasteiger partial charge in [-0.05, 0) is 18.4 Å². The molecule has 98 valence electrons. The molecule has 3 nitrogen and oxygen atoms in total. The molecule has 0 bridgehead atoms. The molecule has 1 aliphatic carbocycles. The maximum Gasteiger partial charge on any atom is 0.246 e. The number of benzene rings is 1. The highest BCUT2D eigenvalue weighted by Gasteiger charge is 2.35. The molecular weight excluding hydrogens is 226 g/mol. The molecule has 1 saturated carbocycles. The van der Waals surface area contributed by atoms with Crippen LogP contribution in [0.15, 0.2) is 30.3 Å². The van der Waals surface area contributed by atoms with Crippen LogP contribution < -0.4 is 5.32 Å². The van der Waals surface area contributed by atoms with Crippen LogP contribution in [0.2, 0.25) is 0 Å². The molecule has 1 fully saturated rings. The van der Waals surface area contributed by atoms with Gasteiger partial charge in [0.1, 0.15) is 6.61 Å². The molecule has 2 rings (SSSR count). The zero-order valence-electron chi connectivity index (χ0n) is 10.9. The first-order valence-corrected chi connectivity index (χ1v) is 6.58. The van der Waals surface area contributed by atoms with Crippen LogP contribution in [0, 0.1) is 0 Å². The van der Waals surface area contributed by atoms with E-state index in [-0.39, 0.29) is 17.9 Å². The maximum absolute atomic E-state index is 11.5. The van der Waals surface area contributed by atoms with Crippen molar-refractivity contribution in [1.29, 1.82) is 0 Å². The minimum absolute atomic E-state index is 0.0280. The number of carbonyl (C=O) groups is 1. The minimum Gasteiger partial charge on any atom is -0.375 e. The summed E-state index contributed by atoms with van der Waals surface area (Å²) in [6.45, 7) is 0.865. The van der Waals surface area contributed by atoms with Crippen molar-refractivity contribution in [2.45, 2.75) is 31.1 Å². The van der Waals surface area contributed by atoms with Crippen LogP contribution in [-0.4, -0.2) is 26.2 Å². The number of carbonyl (C=O) groups excluding carboxylic acids is 1. The van der Waals surface area contributed by atoms with Crippen LogP contribution in [0.25, 0.3) is 0 Å². The molecular formula is C15H21NO2. The predicted octanol–water partition coefficient (Wildman–Crippen LogP) is 2.26. The van der Waals surface area contributed by atoms with Crippen molar-refractivity contribution in [3.8, 4) is 0 Å². The minimum atomic E-state index is -0.0280. The molecule has 0 atom stereocenters. The van der Waals surface area contributed by atoms with Gasteiger partial charge in [-0.25, -0.2) is 0 Å². The predicted molar refractivity (Wildman–Crippen MR) is 71.5 cm³/mol. The van der Waals surface area contributed by atoms with Gasteiger partial charge in [-0.15, -0.1) is 0 Å². The van der Waals surface area contributed by atoms with Crippen molar-refractivity contribution in [3.05, 3.63) is 35.9 Å². The second-order valence-electron chi connectivity index (χ2n) is 5.06. The van der Waals surface area contributed by atoms with Crippen molar-refractivity contribution in [2.75, 3.05) is 20.3 Å². The Morgan fingerprint density at radius 3 is 2.56 bits per heavy atom. The highest BCUT2D eigenvalue weighted by Crippen LogP contribution is 2.40. The van der Waals surface area contributed by atoms with E-state index < -0.39 is 0 Å². The van der Waals surface area contributed by atoms with Gasteiger partial charge in [-0.2, -0.15) is 0 Å². The fourth-order valence-electron chi connectivity index (χ4n) is 2.86. The number of ether oxygens (including phenoxy) is 1. The van der Waals surface area contributed by atoms with Crippen LogP contribution >= 0.6 is 0 Å². The third-order valence-corrected chi connectivity index (χ3v) is 3.85. The van der Waals surface area contributed by atoms with Crippen molar-refractivity contribution in [3.63, 3.8) is 0 Å². The summed E-state index contributed by atoms with van der Waals surface area (Å²) in [5, 5.41) is 3.00. The quantitative estimate of drug-likeness (QED) is 0.866. The summed E-state index contributed by atoms with van der Waals surface area (Å²) in [4.78, 5) is 11.5. The Bertz CT molecular complexity index is 383. The summed E-state index contributed by atoms with van der Waals surface area (Å²) in [7, 11) is 1.54. The van der Waals surface area contributed by atoms with Gasteiger partial charge in [0, 0.05) is 19.1 Å². The third-order valence-electron chi connectivity index (χ3n) is 3.85. The number of amides is 1. The van der Waals surface area contributed by atoms with Gasteiger partial charge in [0.15, 0.2) is 0 Å². The molecule has 0 saturated heterocycles. The van der Waals surface area contributed by atoms with Gasteiger partial charge in [0.2, 0.25) is 5.91 Å². The van der Waals surface area contributed by atoms with Gasteiger partial charge < -0.3 is 10.1 Å². The number of rotatable bonds is 5. The number of hydrogen-bond donors (Lipinski definition) is 1. The lowest BCUT2D eigenvalue weighted by atomic mass is 9.79. The van der Waals surface area contributed by atoms with E-state index >= 15 is 0 Å². The lowest BCUT2D eigenvalue weighted by Gasteiger charge is -2.30. The van der Waals surface area contributed by atoms with E-state index in [1.165, 1.54) is 18.4 Å². The molecule has 1 aromatic rings. The summed E-state index contributed by atoms with van der Waals surface area (Å²) in [6.07, 6.45) is 4.80. The van der Waals surface area contributed by atoms with Gasteiger partial charge in [0.05, 0.1) is 0 Å². The zero-order valence-corrected chi connectivity index (χ0v) is 10.9. The lowest BCUT2D eigenvalue weighted by molar-refractivity contribution is -0.125. The highest BCUT2D eigenvalue weighted by atomic mass is 16.5. The summed E-state index contributed by atoms with van der Waals surface area (Å²) in [5.41, 5.74) is 1.48. The topological polar surface area (TPSA) is 38.3 Å². The fraction of sp³-hybridized carbons (Fsp3) is 0.533. The average Bonchev–Trinajstić information content (AvgIpc) is 2.88. The van der Waals surface area contributed by atoms with E-state index in [1.54, 1.807) is 7.11 Å². The van der Waals surface area contributed by atoms with Crippen molar-refractivity contribution < 1.29 is 9.53 Å². The standard InChI is InChI=1S/C15H21NO2/c1-18-11-14(17)16-12-15(9-5-6-10-15)13-7-3-2-4-8-13/h2-4,7-8H,5-6,9-12H2,1H3,(H,16,17). The average molecular weight is 247 g/mol. The van der Waals surface area contributed by atoms with E-state index in [9.17, 15) is 4.79 Å². The molecule has 1 aliphatic rings. The van der Waals surface area contributed by atoms with Crippen molar-refractivity contribution in [2.24, 2.45) is 0 Å². The Balaban J connectivity index is 2.06. The van der Waals surface area contributed by atoms with Crippen LogP contribution in [0.4, 0.5) is 0 Å². The molecule has 0 spiro atoms. The van der Waals surface area contributed by atoms with Crippen molar-refractivity contribution in [1.82, 2.24) is 5.32 Å². The van der Waals surface area contributed by atoms with Gasteiger partial charge >= 0.3 is 0 Å². The smallest absolute Gasteiger partial charge is 0.246 e. The van der Waals surface area contributed by atoms with Gasteiger partial charge in [0.25, 0.3) is 0 Å². The molecule has 3 heteroatoms. The molecule has 1 amide bonds. The Hall–Kier alpha value is -1.35. The molecule has 1 aromatic carbocycles. The van der Waals surface area contributed by atoms with Gasteiger partial charge in [-0.3, -0.25) is 4.79 Å². The number of hydrogen-bond acceptors (Lipinski definition) is 2. The van der Waals surface area contributed by atoms with Gasteiger partial charge in [-0.1, -0.05) is 43.2 Å². The molecule has 0 aliphatic heterocycles. The lowest BCUT2D eigenvalue weighted by Crippen LogP contribution is -2.40. The van der Waals surface area contributed by atoms with E-state index in [4.69, 9.17) is 4.74 Å². The first-order valence-electron chi connectivity index (χ1n) is 6.58. The molecule has 18 heavy (non-hydrogen) atoms. The van der Waals surface area contributed by atoms with Crippen LogP contribution in [-0.2, 0) is 14.9 Å². The molecule has 0 unspecified atom stereocenters. The third kappa shape index (κ3) is 2.91. The SMILES string of the molecule is COCC(=O)NCC1(c2ccccc2)CCCC1. The first-order chi connectivity index (χ1) is 8.77. The molecule has 0 heterocycles. The Labute approximate surface area is 109 Å². The monoisotopic (exact) mass is 247 g/mol. The first kappa shape index (κ1) is 13.1. The van der Waals surface area contributed by atoms with E-state index in [2.05, 4.69) is 29.6 Å². The largest absolute Gasteiger partial charge is 0.375 e. The second kappa shape index (κ2) is 6.01. The zero-order chi connectivity index (χ0) is 12.8. The maximum atomic E-state index is 11.5. The summed E-state index contributed by atoms with van der Waals surface area (Å²) < 4.78 is 4.85. The summed E-state index contributed by atoms with van der Waals surface area (Å²) in [5.74, 6) is -0.0280. The van der Waals surface area contributed by atoms with Crippen LogP contribution in [0.3, 0.4) is 0 Å². The summed E-state index contributed by atoms with van der Waals surface area (Å²) in [6, 6.07) is 10.5. The van der Waals surface area contributed by atoms with E-state index in [0.29, 0.717) is 0 Å².